The van der Waals surface area contributed by atoms with Crippen LogP contribution < -0.4 is 4.74 Å². The van der Waals surface area contributed by atoms with Crippen molar-refractivity contribution in [2.75, 3.05) is 33.4 Å². The molecule has 0 aromatic heterocycles. The molecule has 7 heteroatoms. The lowest BCUT2D eigenvalue weighted by Crippen LogP contribution is -2.33. The molecule has 164 valence electrons. The van der Waals surface area contributed by atoms with Gasteiger partial charge in [0.25, 0.3) is 5.91 Å². The molecule has 2 fully saturated rings. The molecule has 4 rings (SSSR count). The second-order valence-corrected chi connectivity index (χ2v) is 8.01. The van der Waals surface area contributed by atoms with Crippen molar-refractivity contribution in [3.63, 3.8) is 0 Å². The highest BCUT2D eigenvalue weighted by Gasteiger charge is 2.40. The highest BCUT2D eigenvalue weighted by molar-refractivity contribution is 5.94. The van der Waals surface area contributed by atoms with Crippen LogP contribution in [0.5, 0.6) is 5.75 Å². The van der Waals surface area contributed by atoms with Crippen LogP contribution in [0.3, 0.4) is 0 Å². The van der Waals surface area contributed by atoms with Gasteiger partial charge in [-0.05, 0) is 61.4 Å². The minimum Gasteiger partial charge on any atom is -0.486 e. The van der Waals surface area contributed by atoms with Crippen molar-refractivity contribution in [1.29, 1.82) is 0 Å². The fourth-order valence-corrected chi connectivity index (χ4v) is 3.84. The molecular weight excluding hydrogens is 398 g/mol. The summed E-state index contributed by atoms with van der Waals surface area (Å²) in [5.41, 5.74) is 3.43. The third kappa shape index (κ3) is 4.73. The lowest BCUT2D eigenvalue weighted by atomic mass is 10.1. The summed E-state index contributed by atoms with van der Waals surface area (Å²) >= 11 is 0. The number of hydrogen-bond acceptors (Lipinski definition) is 6. The van der Waals surface area contributed by atoms with Gasteiger partial charge in [-0.2, -0.15) is 0 Å². The van der Waals surface area contributed by atoms with E-state index in [1.54, 1.807) is 29.2 Å². The molecule has 2 heterocycles. The lowest BCUT2D eigenvalue weighted by molar-refractivity contribution is -0.00461. The minimum absolute atomic E-state index is 0.00173. The Morgan fingerprint density at radius 2 is 1.52 bits per heavy atom. The molecule has 0 radical (unpaired) electrons. The maximum absolute atomic E-state index is 12.9. The summed E-state index contributed by atoms with van der Waals surface area (Å²) in [5, 5.41) is 0. The second-order valence-electron chi connectivity index (χ2n) is 8.01. The normalized spacial score (nSPS) is 21.3. The molecule has 31 heavy (non-hydrogen) atoms. The van der Waals surface area contributed by atoms with Crippen molar-refractivity contribution in [1.82, 2.24) is 4.90 Å². The SMILES string of the molecule is COC(=O)c1ccc(OC2CO[C@H]3CN(C(=O)c4ccc(C)c(C)c4)C[C@@H]3OC2)cc1. The molecule has 2 aliphatic rings. The molecule has 0 spiro atoms. The highest BCUT2D eigenvalue weighted by Crippen LogP contribution is 2.24. The van der Waals surface area contributed by atoms with Crippen LogP contribution in [0.4, 0.5) is 0 Å². The first-order valence-electron chi connectivity index (χ1n) is 10.4. The molecule has 0 bridgehead atoms. The van der Waals surface area contributed by atoms with Crippen molar-refractivity contribution < 1.29 is 28.5 Å². The van der Waals surface area contributed by atoms with E-state index in [0.717, 1.165) is 5.56 Å². The molecule has 1 amide bonds. The van der Waals surface area contributed by atoms with Crippen LogP contribution in [-0.2, 0) is 14.2 Å². The van der Waals surface area contributed by atoms with E-state index in [9.17, 15) is 9.59 Å². The predicted molar refractivity (Wildman–Crippen MR) is 113 cm³/mol. The number of ether oxygens (including phenoxy) is 4. The van der Waals surface area contributed by atoms with Crippen molar-refractivity contribution in [3.8, 4) is 5.75 Å². The summed E-state index contributed by atoms with van der Waals surface area (Å²) in [4.78, 5) is 26.2. The largest absolute Gasteiger partial charge is 0.486 e. The van der Waals surface area contributed by atoms with Gasteiger partial charge in [0, 0.05) is 18.7 Å². The van der Waals surface area contributed by atoms with Crippen LogP contribution in [0.2, 0.25) is 0 Å². The van der Waals surface area contributed by atoms with E-state index in [4.69, 9.17) is 18.9 Å². The third-order valence-corrected chi connectivity index (χ3v) is 5.83. The van der Waals surface area contributed by atoms with Crippen LogP contribution in [0, 0.1) is 13.8 Å². The summed E-state index contributed by atoms with van der Waals surface area (Å²) in [6.07, 6.45) is -0.616. The van der Waals surface area contributed by atoms with Crippen molar-refractivity contribution >= 4 is 11.9 Å². The summed E-state index contributed by atoms with van der Waals surface area (Å²) in [5.74, 6) is 0.241. The molecule has 2 aromatic carbocycles. The van der Waals surface area contributed by atoms with Crippen LogP contribution in [0.1, 0.15) is 31.8 Å². The van der Waals surface area contributed by atoms with E-state index in [0.29, 0.717) is 43.2 Å². The smallest absolute Gasteiger partial charge is 0.337 e. The summed E-state index contributed by atoms with van der Waals surface area (Å²) < 4.78 is 22.7. The minimum atomic E-state index is -0.389. The highest BCUT2D eigenvalue weighted by atomic mass is 16.6. The first-order valence-corrected chi connectivity index (χ1v) is 10.4. The second kappa shape index (κ2) is 9.08. The Balaban J connectivity index is 1.32. The van der Waals surface area contributed by atoms with Crippen molar-refractivity contribution in [2.45, 2.75) is 32.2 Å². The standard InChI is InChI=1S/C24H27NO6/c1-15-4-5-18(10-16(15)2)23(26)25-11-21-22(12-25)30-14-20(13-29-21)31-19-8-6-17(7-9-19)24(27)28-3/h4-10,20-22H,11-14H2,1-3H3/t21-,22-/m0/s1. The number of amides is 1. The van der Waals surface area contributed by atoms with Gasteiger partial charge in [0.1, 0.15) is 24.1 Å². The molecule has 0 saturated carbocycles. The number of likely N-dealkylation sites (tertiary alicyclic amines) is 1. The van der Waals surface area contributed by atoms with Gasteiger partial charge in [0.15, 0.2) is 0 Å². The van der Waals surface area contributed by atoms with Crippen LogP contribution >= 0.6 is 0 Å². The fourth-order valence-electron chi connectivity index (χ4n) is 3.84. The molecule has 2 atom stereocenters. The summed E-state index contributed by atoms with van der Waals surface area (Å²) in [6.45, 7) is 5.77. The Bertz CT molecular complexity index is 941. The number of benzene rings is 2. The number of carbonyl (C=O) groups is 2. The van der Waals surface area contributed by atoms with Gasteiger partial charge in [0.05, 0.1) is 25.9 Å². The predicted octanol–water partition coefficient (Wildman–Crippen LogP) is 2.78. The van der Waals surface area contributed by atoms with E-state index < -0.39 is 0 Å². The van der Waals surface area contributed by atoms with Gasteiger partial charge in [-0.25, -0.2) is 4.79 Å². The molecule has 0 aliphatic carbocycles. The maximum Gasteiger partial charge on any atom is 0.337 e. The van der Waals surface area contributed by atoms with Gasteiger partial charge >= 0.3 is 5.97 Å². The molecule has 0 unspecified atom stereocenters. The number of fused-ring (bicyclic) bond motifs is 1. The first kappa shape index (κ1) is 21.3. The Morgan fingerprint density at radius 1 is 0.903 bits per heavy atom. The molecule has 0 N–H and O–H groups in total. The number of esters is 1. The molecular formula is C24H27NO6. The number of nitrogens with zero attached hydrogens (tertiary/aromatic N) is 1. The summed E-state index contributed by atoms with van der Waals surface area (Å²) in [6, 6.07) is 12.5. The zero-order valence-electron chi connectivity index (χ0n) is 18.0. The van der Waals surface area contributed by atoms with Crippen molar-refractivity contribution in [2.24, 2.45) is 0 Å². The Kier molecular flexibility index (Phi) is 6.25. The lowest BCUT2D eigenvalue weighted by Gasteiger charge is -2.20. The zero-order chi connectivity index (χ0) is 22.0. The average molecular weight is 425 g/mol. The molecule has 2 saturated heterocycles. The topological polar surface area (TPSA) is 74.3 Å². The zero-order valence-corrected chi connectivity index (χ0v) is 18.0. The van der Waals surface area contributed by atoms with Crippen LogP contribution in [0.25, 0.3) is 0 Å². The monoisotopic (exact) mass is 425 g/mol. The van der Waals surface area contributed by atoms with E-state index in [2.05, 4.69) is 0 Å². The van der Waals surface area contributed by atoms with Crippen LogP contribution in [-0.4, -0.2) is 68.5 Å². The summed E-state index contributed by atoms with van der Waals surface area (Å²) in [7, 11) is 1.35. The third-order valence-electron chi connectivity index (χ3n) is 5.83. The number of carbonyl (C=O) groups excluding carboxylic acids is 2. The van der Waals surface area contributed by atoms with E-state index in [-0.39, 0.29) is 30.2 Å². The van der Waals surface area contributed by atoms with Gasteiger partial charge in [0.2, 0.25) is 0 Å². The molecule has 2 aromatic rings. The maximum atomic E-state index is 12.9. The van der Waals surface area contributed by atoms with Gasteiger partial charge in [-0.15, -0.1) is 0 Å². The van der Waals surface area contributed by atoms with E-state index in [1.807, 2.05) is 32.0 Å². The van der Waals surface area contributed by atoms with E-state index >= 15 is 0 Å². The van der Waals surface area contributed by atoms with E-state index in [1.165, 1.54) is 12.7 Å². The Labute approximate surface area is 181 Å². The Morgan fingerprint density at radius 3 is 2.10 bits per heavy atom. The number of aryl methyl sites for hydroxylation is 2. The van der Waals surface area contributed by atoms with Crippen molar-refractivity contribution in [3.05, 3.63) is 64.7 Å². The number of hydrogen-bond donors (Lipinski definition) is 0. The molecule has 7 nitrogen and oxygen atoms in total. The molecule has 2 aliphatic heterocycles. The van der Waals surface area contributed by atoms with Gasteiger partial charge in [-0.1, -0.05) is 6.07 Å². The van der Waals surface area contributed by atoms with Gasteiger partial charge in [-0.3, -0.25) is 4.79 Å². The van der Waals surface area contributed by atoms with Crippen LogP contribution in [0.15, 0.2) is 42.5 Å². The Hall–Kier alpha value is -2.90. The quantitative estimate of drug-likeness (QED) is 0.702. The fraction of sp³-hybridized carbons (Fsp3) is 0.417. The number of methoxy groups -OCH3 is 1. The number of rotatable bonds is 4. The average Bonchev–Trinajstić information content (AvgIpc) is 3.11. The van der Waals surface area contributed by atoms with Gasteiger partial charge < -0.3 is 23.8 Å². The first-order chi connectivity index (χ1) is 14.9.